The van der Waals surface area contributed by atoms with E-state index >= 15 is 0 Å². The molecule has 0 aromatic carbocycles. The van der Waals surface area contributed by atoms with E-state index in [0.717, 1.165) is 0 Å². The molecular weight excluding hydrogens is 256 g/mol. The van der Waals surface area contributed by atoms with Gasteiger partial charge >= 0.3 is 5.97 Å². The molecule has 0 aromatic heterocycles. The minimum atomic E-state index is -1.29. The molecule has 1 heterocycles. The van der Waals surface area contributed by atoms with Crippen molar-refractivity contribution in [2.24, 2.45) is 0 Å². The van der Waals surface area contributed by atoms with Gasteiger partial charge in [0.15, 0.2) is 6.29 Å². The molecule has 0 amide bonds. The van der Waals surface area contributed by atoms with Crippen LogP contribution >= 0.6 is 0 Å². The van der Waals surface area contributed by atoms with Crippen molar-refractivity contribution in [3.8, 4) is 0 Å². The lowest BCUT2D eigenvalue weighted by molar-refractivity contribution is -0.293. The van der Waals surface area contributed by atoms with E-state index in [2.05, 4.69) is 0 Å². The summed E-state index contributed by atoms with van der Waals surface area (Å²) in [4.78, 5) is 10.3. The maximum Gasteiger partial charge on any atom is 0.303 e. The van der Waals surface area contributed by atoms with Crippen molar-refractivity contribution < 1.29 is 34.7 Å². The van der Waals surface area contributed by atoms with Crippen LogP contribution in [0, 0.1) is 0 Å². The van der Waals surface area contributed by atoms with Gasteiger partial charge in [0.2, 0.25) is 0 Å². The van der Waals surface area contributed by atoms with E-state index in [1.165, 1.54) is 0 Å². The third-order valence-electron chi connectivity index (χ3n) is 3.13. The monoisotopic (exact) mass is 278 g/mol. The Bertz CT molecular complexity index is 283. The van der Waals surface area contributed by atoms with Crippen molar-refractivity contribution in [2.45, 2.75) is 63.3 Å². The molecule has 1 rings (SSSR count). The highest BCUT2D eigenvalue weighted by atomic mass is 16.7. The van der Waals surface area contributed by atoms with Crippen LogP contribution in [0.25, 0.3) is 0 Å². The summed E-state index contributed by atoms with van der Waals surface area (Å²) in [6.45, 7) is 1.89. The van der Waals surface area contributed by atoms with Gasteiger partial charge in [0.05, 0.1) is 6.10 Å². The number of carbonyl (C=O) groups is 1. The molecule has 5 atom stereocenters. The van der Waals surface area contributed by atoms with Crippen LogP contribution in [0.15, 0.2) is 0 Å². The fourth-order valence-corrected chi connectivity index (χ4v) is 1.91. The van der Waals surface area contributed by atoms with Gasteiger partial charge in [0, 0.05) is 13.0 Å². The molecule has 7 heteroatoms. The van der Waals surface area contributed by atoms with E-state index in [-0.39, 0.29) is 6.42 Å². The molecule has 0 bridgehead atoms. The number of hydrogen-bond donors (Lipinski definition) is 4. The Balaban J connectivity index is 2.20. The summed E-state index contributed by atoms with van der Waals surface area (Å²) in [5.41, 5.74) is 0. The first-order chi connectivity index (χ1) is 8.93. The van der Waals surface area contributed by atoms with Gasteiger partial charge in [-0.05, 0) is 19.8 Å². The average Bonchev–Trinajstić information content (AvgIpc) is 2.36. The highest BCUT2D eigenvalue weighted by Crippen LogP contribution is 2.21. The lowest BCUT2D eigenvalue weighted by atomic mass is 10.0. The fraction of sp³-hybridized carbons (Fsp3) is 0.917. The standard InChI is InChI=1S/C12H22O7/c1-7-9(15)10(16)11(17)12(19-7)18-6-4-2-3-5-8(13)14/h7,9-12,15-17H,2-6H2,1H3,(H,13,14)/t7-,9+,10+,11-,12-/m0/s1. The number of aliphatic hydroxyl groups excluding tert-OH is 3. The third kappa shape index (κ3) is 5.04. The molecule has 1 aliphatic heterocycles. The molecule has 4 N–H and O–H groups in total. The number of unbranched alkanes of at least 4 members (excludes halogenated alkanes) is 2. The molecule has 0 spiro atoms. The van der Waals surface area contributed by atoms with Crippen LogP contribution in [0.2, 0.25) is 0 Å². The van der Waals surface area contributed by atoms with E-state index in [1.54, 1.807) is 6.92 Å². The van der Waals surface area contributed by atoms with Crippen LogP contribution in [-0.4, -0.2) is 63.7 Å². The van der Waals surface area contributed by atoms with E-state index < -0.39 is 36.7 Å². The Labute approximate surface area is 111 Å². The minimum absolute atomic E-state index is 0.129. The van der Waals surface area contributed by atoms with E-state index in [9.17, 15) is 20.1 Å². The first kappa shape index (κ1) is 16.3. The highest BCUT2D eigenvalue weighted by Gasteiger charge is 2.42. The summed E-state index contributed by atoms with van der Waals surface area (Å²) >= 11 is 0. The second-order valence-corrected chi connectivity index (χ2v) is 4.76. The lowest BCUT2D eigenvalue weighted by Crippen LogP contribution is -2.57. The Morgan fingerprint density at radius 3 is 2.42 bits per heavy atom. The van der Waals surface area contributed by atoms with Gasteiger partial charge in [-0.3, -0.25) is 4.79 Å². The molecule has 0 unspecified atom stereocenters. The van der Waals surface area contributed by atoms with Gasteiger partial charge in [-0.25, -0.2) is 0 Å². The Morgan fingerprint density at radius 2 is 1.79 bits per heavy atom. The van der Waals surface area contributed by atoms with Crippen molar-refractivity contribution in [1.29, 1.82) is 0 Å². The number of ether oxygens (including phenoxy) is 2. The van der Waals surface area contributed by atoms with Gasteiger partial charge in [-0.2, -0.15) is 0 Å². The van der Waals surface area contributed by atoms with Gasteiger partial charge in [-0.1, -0.05) is 6.42 Å². The van der Waals surface area contributed by atoms with Gasteiger partial charge in [0.25, 0.3) is 0 Å². The van der Waals surface area contributed by atoms with Crippen molar-refractivity contribution in [3.63, 3.8) is 0 Å². The van der Waals surface area contributed by atoms with Gasteiger partial charge < -0.3 is 29.9 Å². The SMILES string of the molecule is C[C@@H]1O[C@H](OCCCCCC(=O)O)[C@@H](O)[C@H](O)[C@@H]1O. The molecule has 19 heavy (non-hydrogen) atoms. The summed E-state index contributed by atoms with van der Waals surface area (Å²) in [5.74, 6) is -0.821. The van der Waals surface area contributed by atoms with E-state index in [4.69, 9.17) is 14.6 Å². The predicted molar refractivity (Wildman–Crippen MR) is 64.4 cm³/mol. The predicted octanol–water partition coefficient (Wildman–Crippen LogP) is -0.525. The first-order valence-electron chi connectivity index (χ1n) is 6.46. The Morgan fingerprint density at radius 1 is 1.11 bits per heavy atom. The van der Waals surface area contributed by atoms with Gasteiger partial charge in [0.1, 0.15) is 18.3 Å². The van der Waals surface area contributed by atoms with Crippen molar-refractivity contribution >= 4 is 5.97 Å². The summed E-state index contributed by atoms with van der Waals surface area (Å²) in [5, 5.41) is 37.2. The second kappa shape index (κ2) is 7.76. The number of aliphatic carboxylic acids is 1. The zero-order chi connectivity index (χ0) is 14.4. The second-order valence-electron chi connectivity index (χ2n) is 4.76. The number of rotatable bonds is 7. The zero-order valence-electron chi connectivity index (χ0n) is 10.9. The van der Waals surface area contributed by atoms with E-state index in [1.807, 2.05) is 0 Å². The Kier molecular flexibility index (Phi) is 6.67. The first-order valence-corrected chi connectivity index (χ1v) is 6.46. The molecule has 0 radical (unpaired) electrons. The molecular formula is C12H22O7. The number of aliphatic hydroxyl groups is 3. The minimum Gasteiger partial charge on any atom is -0.481 e. The van der Waals surface area contributed by atoms with Gasteiger partial charge in [-0.15, -0.1) is 0 Å². The van der Waals surface area contributed by atoms with Crippen molar-refractivity contribution in [1.82, 2.24) is 0 Å². The average molecular weight is 278 g/mol. The van der Waals surface area contributed by atoms with Crippen LogP contribution < -0.4 is 0 Å². The van der Waals surface area contributed by atoms with Crippen molar-refractivity contribution in [2.75, 3.05) is 6.61 Å². The third-order valence-corrected chi connectivity index (χ3v) is 3.13. The number of hydrogen-bond acceptors (Lipinski definition) is 6. The molecule has 0 aromatic rings. The van der Waals surface area contributed by atoms with Crippen LogP contribution in [0.5, 0.6) is 0 Å². The summed E-state index contributed by atoms with van der Waals surface area (Å²) in [6.07, 6.45) is -3.24. The largest absolute Gasteiger partial charge is 0.481 e. The molecule has 0 aliphatic carbocycles. The maximum absolute atomic E-state index is 10.3. The normalized spacial score (nSPS) is 35.3. The Hall–Kier alpha value is -0.730. The topological polar surface area (TPSA) is 116 Å². The number of carboxylic acids is 1. The summed E-state index contributed by atoms with van der Waals surface area (Å²) in [6, 6.07) is 0. The zero-order valence-corrected chi connectivity index (χ0v) is 10.9. The van der Waals surface area contributed by atoms with Crippen molar-refractivity contribution in [3.05, 3.63) is 0 Å². The van der Waals surface area contributed by atoms with Crippen LogP contribution in [0.1, 0.15) is 32.6 Å². The summed E-state index contributed by atoms with van der Waals surface area (Å²) < 4.78 is 10.6. The van der Waals surface area contributed by atoms with E-state index in [0.29, 0.717) is 25.9 Å². The molecule has 7 nitrogen and oxygen atoms in total. The van der Waals surface area contributed by atoms with Crippen LogP contribution in [-0.2, 0) is 14.3 Å². The fourth-order valence-electron chi connectivity index (χ4n) is 1.91. The lowest BCUT2D eigenvalue weighted by Gasteiger charge is -2.38. The van der Waals surface area contributed by atoms with Crippen LogP contribution in [0.4, 0.5) is 0 Å². The molecule has 1 aliphatic rings. The summed E-state index contributed by atoms with van der Waals surface area (Å²) in [7, 11) is 0. The smallest absolute Gasteiger partial charge is 0.303 e. The molecule has 0 saturated carbocycles. The molecule has 1 fully saturated rings. The van der Waals surface area contributed by atoms with Crippen LogP contribution in [0.3, 0.4) is 0 Å². The quantitative estimate of drug-likeness (QED) is 0.463. The number of carboxylic acid groups (broad SMARTS) is 1. The maximum atomic E-state index is 10.3. The highest BCUT2D eigenvalue weighted by molar-refractivity contribution is 5.66. The molecule has 112 valence electrons. The molecule has 1 saturated heterocycles.